The van der Waals surface area contributed by atoms with Crippen molar-refractivity contribution < 1.29 is 22.7 Å². The van der Waals surface area contributed by atoms with E-state index >= 15 is 0 Å². The fourth-order valence-electron chi connectivity index (χ4n) is 3.07. The van der Waals surface area contributed by atoms with E-state index in [0.29, 0.717) is 11.5 Å². The number of rotatable bonds is 10. The van der Waals surface area contributed by atoms with Gasteiger partial charge in [0.15, 0.2) is 0 Å². The third kappa shape index (κ3) is 6.79. The molecule has 0 fully saturated rings. The van der Waals surface area contributed by atoms with Crippen LogP contribution in [0.3, 0.4) is 0 Å². The van der Waals surface area contributed by atoms with Crippen molar-refractivity contribution in [1.82, 2.24) is 5.32 Å². The third-order valence-corrected chi connectivity index (χ3v) is 6.99. The van der Waals surface area contributed by atoms with Gasteiger partial charge in [-0.25, -0.2) is 8.42 Å². The summed E-state index contributed by atoms with van der Waals surface area (Å²) in [4.78, 5) is 12.7. The quantitative estimate of drug-likeness (QED) is 0.390. The van der Waals surface area contributed by atoms with E-state index in [0.717, 1.165) is 9.87 Å². The van der Waals surface area contributed by atoms with Crippen LogP contribution in [0.4, 0.5) is 5.69 Å². The molecular weight excluding hydrogens is 499 g/mol. The lowest BCUT2D eigenvalue weighted by Gasteiger charge is -2.24. The predicted molar refractivity (Wildman–Crippen MR) is 134 cm³/mol. The fraction of sp³-hybridized carbons (Fsp3) is 0.208. The minimum atomic E-state index is -4.07. The summed E-state index contributed by atoms with van der Waals surface area (Å²) in [6, 6.07) is 17.8. The molecule has 0 aliphatic carbocycles. The van der Waals surface area contributed by atoms with E-state index in [2.05, 4.69) is 5.32 Å². The van der Waals surface area contributed by atoms with Crippen LogP contribution >= 0.6 is 23.2 Å². The standard InChI is InChI=1S/C24H24Cl2N2O5S/c1-17-6-8-23(9-7-17)34(30,31)28(20-13-18(25)12-19(26)14-20)16-24(29)27-10-11-33-22-5-3-4-21(15-22)32-2/h3-9,12-15H,10-11,16H2,1-2H3,(H,27,29). The molecule has 0 aromatic heterocycles. The normalized spacial score (nSPS) is 11.1. The van der Waals surface area contributed by atoms with Gasteiger partial charge in [-0.15, -0.1) is 0 Å². The summed E-state index contributed by atoms with van der Waals surface area (Å²) < 4.78 is 38.5. The van der Waals surface area contributed by atoms with Crippen molar-refractivity contribution in [2.75, 3.05) is 31.1 Å². The maximum atomic E-state index is 13.4. The van der Waals surface area contributed by atoms with Crippen molar-refractivity contribution in [2.24, 2.45) is 0 Å². The Hall–Kier alpha value is -2.94. The average Bonchev–Trinajstić information content (AvgIpc) is 2.80. The van der Waals surface area contributed by atoms with Gasteiger partial charge in [-0.1, -0.05) is 47.0 Å². The number of methoxy groups -OCH3 is 1. The van der Waals surface area contributed by atoms with Crippen molar-refractivity contribution in [1.29, 1.82) is 0 Å². The zero-order valence-electron chi connectivity index (χ0n) is 18.6. The highest BCUT2D eigenvalue weighted by Gasteiger charge is 2.27. The Kier molecular flexibility index (Phi) is 8.66. The molecular formula is C24H24Cl2N2O5S. The molecule has 0 aliphatic rings. The number of carbonyl (C=O) groups is 1. The molecule has 34 heavy (non-hydrogen) atoms. The van der Waals surface area contributed by atoms with Gasteiger partial charge in [-0.3, -0.25) is 9.10 Å². The second-order valence-electron chi connectivity index (χ2n) is 7.33. The maximum absolute atomic E-state index is 13.4. The Morgan fingerprint density at radius 1 is 0.971 bits per heavy atom. The first kappa shape index (κ1) is 25.7. The van der Waals surface area contributed by atoms with Crippen LogP contribution in [0.25, 0.3) is 0 Å². The van der Waals surface area contributed by atoms with E-state index in [1.54, 1.807) is 43.5 Å². The number of nitrogens with one attached hydrogen (secondary N) is 1. The predicted octanol–water partition coefficient (Wildman–Crippen LogP) is 4.70. The van der Waals surface area contributed by atoms with Gasteiger partial charge < -0.3 is 14.8 Å². The van der Waals surface area contributed by atoms with E-state index in [4.69, 9.17) is 32.7 Å². The first-order chi connectivity index (χ1) is 16.2. The van der Waals surface area contributed by atoms with Crippen molar-refractivity contribution in [3.8, 4) is 11.5 Å². The summed E-state index contributed by atoms with van der Waals surface area (Å²) in [5.74, 6) is 0.727. The van der Waals surface area contributed by atoms with Crippen molar-refractivity contribution in [3.63, 3.8) is 0 Å². The highest BCUT2D eigenvalue weighted by molar-refractivity contribution is 7.92. The summed E-state index contributed by atoms with van der Waals surface area (Å²) in [7, 11) is -2.51. The van der Waals surface area contributed by atoms with Crippen LogP contribution in [-0.2, 0) is 14.8 Å². The van der Waals surface area contributed by atoms with Crippen molar-refractivity contribution in [2.45, 2.75) is 11.8 Å². The Morgan fingerprint density at radius 2 is 1.62 bits per heavy atom. The minimum Gasteiger partial charge on any atom is -0.497 e. The third-order valence-electron chi connectivity index (χ3n) is 4.77. The number of hydrogen-bond acceptors (Lipinski definition) is 5. The second-order valence-corrected chi connectivity index (χ2v) is 10.1. The largest absolute Gasteiger partial charge is 0.497 e. The minimum absolute atomic E-state index is 0.0448. The first-order valence-corrected chi connectivity index (χ1v) is 12.5. The topological polar surface area (TPSA) is 84.9 Å². The molecule has 3 aromatic rings. The number of hydrogen-bond donors (Lipinski definition) is 1. The van der Waals surface area contributed by atoms with Gasteiger partial charge in [0.25, 0.3) is 10.0 Å². The van der Waals surface area contributed by atoms with Gasteiger partial charge in [-0.05, 0) is 49.4 Å². The number of benzene rings is 3. The van der Waals surface area contributed by atoms with E-state index in [9.17, 15) is 13.2 Å². The number of ether oxygens (including phenoxy) is 2. The Balaban J connectivity index is 1.73. The van der Waals surface area contributed by atoms with Crippen molar-refractivity contribution in [3.05, 3.63) is 82.3 Å². The molecule has 7 nitrogen and oxygen atoms in total. The molecule has 0 spiro atoms. The molecule has 0 radical (unpaired) electrons. The molecule has 1 N–H and O–H groups in total. The van der Waals surface area contributed by atoms with Gasteiger partial charge in [0, 0.05) is 16.1 Å². The lowest BCUT2D eigenvalue weighted by molar-refractivity contribution is -0.119. The summed E-state index contributed by atoms with van der Waals surface area (Å²) in [5.41, 5.74) is 1.09. The van der Waals surface area contributed by atoms with Gasteiger partial charge >= 0.3 is 0 Å². The maximum Gasteiger partial charge on any atom is 0.264 e. The summed E-state index contributed by atoms with van der Waals surface area (Å²) in [5, 5.41) is 3.17. The number of sulfonamides is 1. The number of amides is 1. The molecule has 0 heterocycles. The van der Waals surface area contributed by atoms with Crippen LogP contribution in [0.15, 0.2) is 71.6 Å². The SMILES string of the molecule is COc1cccc(OCCNC(=O)CN(c2cc(Cl)cc(Cl)c2)S(=O)(=O)c2ccc(C)cc2)c1. The summed E-state index contributed by atoms with van der Waals surface area (Å²) >= 11 is 12.2. The summed E-state index contributed by atoms with van der Waals surface area (Å²) in [6.07, 6.45) is 0. The van der Waals surface area contributed by atoms with Crippen LogP contribution in [-0.4, -0.2) is 41.1 Å². The highest BCUT2D eigenvalue weighted by Crippen LogP contribution is 2.29. The molecule has 3 aromatic carbocycles. The van der Waals surface area contributed by atoms with Crippen LogP contribution < -0.4 is 19.1 Å². The summed E-state index contributed by atoms with van der Waals surface area (Å²) in [6.45, 7) is 1.75. The molecule has 0 aliphatic heterocycles. The van der Waals surface area contributed by atoms with Crippen LogP contribution in [0.2, 0.25) is 10.0 Å². The average molecular weight is 523 g/mol. The van der Waals surface area contributed by atoms with Gasteiger partial charge in [0.1, 0.15) is 24.7 Å². The molecule has 3 rings (SSSR count). The number of carbonyl (C=O) groups excluding carboxylic acids is 1. The van der Waals surface area contributed by atoms with E-state index in [1.165, 1.54) is 30.3 Å². The molecule has 10 heteroatoms. The lowest BCUT2D eigenvalue weighted by atomic mass is 10.2. The molecule has 180 valence electrons. The molecule has 0 saturated heterocycles. The van der Waals surface area contributed by atoms with E-state index in [-0.39, 0.29) is 33.8 Å². The number of halogens is 2. The monoisotopic (exact) mass is 522 g/mol. The van der Waals surface area contributed by atoms with Crippen LogP contribution in [0, 0.1) is 6.92 Å². The number of aryl methyl sites for hydroxylation is 1. The van der Waals surface area contributed by atoms with Gasteiger partial charge in [-0.2, -0.15) is 0 Å². The molecule has 0 unspecified atom stereocenters. The van der Waals surface area contributed by atoms with Crippen LogP contribution in [0.5, 0.6) is 11.5 Å². The fourth-order valence-corrected chi connectivity index (χ4v) is 4.99. The molecule has 1 amide bonds. The number of nitrogens with zero attached hydrogens (tertiary/aromatic N) is 1. The van der Waals surface area contributed by atoms with Gasteiger partial charge in [0.2, 0.25) is 5.91 Å². The number of anilines is 1. The van der Waals surface area contributed by atoms with Crippen molar-refractivity contribution >= 4 is 44.8 Å². The Labute approximate surface area is 209 Å². The van der Waals surface area contributed by atoms with E-state index < -0.39 is 22.5 Å². The smallest absolute Gasteiger partial charge is 0.264 e. The second kappa shape index (κ2) is 11.5. The lowest BCUT2D eigenvalue weighted by Crippen LogP contribution is -2.42. The zero-order chi connectivity index (χ0) is 24.7. The molecule has 0 atom stereocenters. The zero-order valence-corrected chi connectivity index (χ0v) is 21.0. The van der Waals surface area contributed by atoms with E-state index in [1.807, 2.05) is 6.92 Å². The molecule has 0 saturated carbocycles. The molecule has 0 bridgehead atoms. The highest BCUT2D eigenvalue weighted by atomic mass is 35.5. The van der Waals surface area contributed by atoms with Gasteiger partial charge in [0.05, 0.1) is 24.2 Å². The first-order valence-electron chi connectivity index (χ1n) is 10.3. The Morgan fingerprint density at radius 3 is 2.26 bits per heavy atom. The van der Waals surface area contributed by atoms with Crippen LogP contribution in [0.1, 0.15) is 5.56 Å². The Bertz CT molecular complexity index is 1230.